The van der Waals surface area contributed by atoms with Crippen molar-refractivity contribution in [2.24, 2.45) is 0 Å². The van der Waals surface area contributed by atoms with Gasteiger partial charge in [0.05, 0.1) is 18.3 Å². The second kappa shape index (κ2) is 5.57. The molecule has 0 N–H and O–H groups in total. The van der Waals surface area contributed by atoms with Crippen molar-refractivity contribution in [1.82, 2.24) is 9.78 Å². The molecule has 1 aliphatic heterocycles. The van der Waals surface area contributed by atoms with Crippen molar-refractivity contribution in [3.05, 3.63) is 12.4 Å². The fourth-order valence-electron chi connectivity index (χ4n) is 1.95. The van der Waals surface area contributed by atoms with E-state index in [2.05, 4.69) is 5.10 Å². The summed E-state index contributed by atoms with van der Waals surface area (Å²) < 4.78 is 18.2. The van der Waals surface area contributed by atoms with E-state index in [1.165, 1.54) is 0 Å². The zero-order valence-electron chi connectivity index (χ0n) is 12.6. The third-order valence-electron chi connectivity index (χ3n) is 3.64. The molecule has 0 spiro atoms. The van der Waals surface area contributed by atoms with Gasteiger partial charge in [-0.25, -0.2) is 4.79 Å². The molecule has 2 unspecified atom stereocenters. The first kappa shape index (κ1) is 15.1. The smallest absolute Gasteiger partial charge is 0.464 e. The molecule has 0 aliphatic carbocycles. The molecule has 1 saturated heterocycles. The van der Waals surface area contributed by atoms with E-state index in [0.29, 0.717) is 6.61 Å². The molecular weight excluding hydrogens is 259 g/mol. The van der Waals surface area contributed by atoms with Gasteiger partial charge < -0.3 is 14.0 Å². The average Bonchev–Trinajstić information content (AvgIpc) is 2.95. The van der Waals surface area contributed by atoms with Gasteiger partial charge in [-0.1, -0.05) is 0 Å². The predicted octanol–water partition coefficient (Wildman–Crippen LogP) is 0.916. The molecule has 1 aliphatic rings. The number of rotatable bonds is 4. The van der Waals surface area contributed by atoms with Gasteiger partial charge in [0.25, 0.3) is 0 Å². The second-order valence-electron chi connectivity index (χ2n) is 5.51. The third-order valence-corrected chi connectivity index (χ3v) is 3.64. The molecule has 2 atom stereocenters. The van der Waals surface area contributed by atoms with Crippen molar-refractivity contribution in [2.75, 3.05) is 6.61 Å². The third kappa shape index (κ3) is 2.88. The second-order valence-corrected chi connectivity index (χ2v) is 5.51. The van der Waals surface area contributed by atoms with E-state index in [1.807, 2.05) is 20.8 Å². The lowest BCUT2D eigenvalue weighted by molar-refractivity contribution is -0.146. The number of ether oxygens (including phenoxy) is 1. The fourth-order valence-corrected chi connectivity index (χ4v) is 1.95. The predicted molar refractivity (Wildman–Crippen MR) is 74.7 cm³/mol. The highest BCUT2D eigenvalue weighted by atomic mass is 16.7. The first-order valence-corrected chi connectivity index (χ1v) is 6.89. The fraction of sp³-hybridized carbons (Fsp3) is 0.692. The van der Waals surface area contributed by atoms with Crippen LogP contribution in [0.25, 0.3) is 0 Å². The Morgan fingerprint density at radius 2 is 2.35 bits per heavy atom. The SMILES string of the molecule is CCOC(=O)C(C)n1cc(B2OC(C)C(C)(C)O2)cn1. The normalized spacial score (nSPS) is 22.9. The van der Waals surface area contributed by atoms with E-state index in [1.54, 1.807) is 30.9 Å². The molecule has 1 fully saturated rings. The molecular formula is C13H21BN2O4. The molecule has 0 aromatic carbocycles. The van der Waals surface area contributed by atoms with Crippen molar-refractivity contribution in [3.8, 4) is 0 Å². The summed E-state index contributed by atoms with van der Waals surface area (Å²) >= 11 is 0. The number of carbonyl (C=O) groups is 1. The number of hydrogen-bond acceptors (Lipinski definition) is 5. The summed E-state index contributed by atoms with van der Waals surface area (Å²) in [5.74, 6) is -0.302. The number of esters is 1. The van der Waals surface area contributed by atoms with E-state index < -0.39 is 13.2 Å². The highest BCUT2D eigenvalue weighted by Crippen LogP contribution is 2.26. The van der Waals surface area contributed by atoms with Crippen LogP contribution in [0, 0.1) is 0 Å². The van der Waals surface area contributed by atoms with Crippen molar-refractivity contribution >= 4 is 18.6 Å². The molecule has 20 heavy (non-hydrogen) atoms. The quantitative estimate of drug-likeness (QED) is 0.606. The van der Waals surface area contributed by atoms with Crippen molar-refractivity contribution in [1.29, 1.82) is 0 Å². The van der Waals surface area contributed by atoms with Crippen LogP contribution >= 0.6 is 0 Å². The molecule has 6 nitrogen and oxygen atoms in total. The molecule has 2 rings (SSSR count). The zero-order chi connectivity index (χ0) is 14.9. The monoisotopic (exact) mass is 280 g/mol. The molecule has 0 amide bonds. The minimum absolute atomic E-state index is 0.00155. The molecule has 1 aromatic rings. The summed E-state index contributed by atoms with van der Waals surface area (Å²) in [6.45, 7) is 9.84. The van der Waals surface area contributed by atoms with Crippen LogP contribution in [0.1, 0.15) is 40.7 Å². The van der Waals surface area contributed by atoms with E-state index in [0.717, 1.165) is 5.46 Å². The molecule has 0 saturated carbocycles. The number of hydrogen-bond donors (Lipinski definition) is 0. The summed E-state index contributed by atoms with van der Waals surface area (Å²) in [5.41, 5.74) is 0.470. The molecule has 0 bridgehead atoms. The molecule has 1 aromatic heterocycles. The maximum atomic E-state index is 11.7. The topological polar surface area (TPSA) is 62.6 Å². The summed E-state index contributed by atoms with van der Waals surface area (Å²) in [6, 6.07) is -0.462. The van der Waals surface area contributed by atoms with E-state index in [9.17, 15) is 4.79 Å². The highest BCUT2D eigenvalue weighted by Gasteiger charge is 2.44. The first-order chi connectivity index (χ1) is 9.35. The van der Waals surface area contributed by atoms with Gasteiger partial charge in [-0.05, 0) is 34.6 Å². The van der Waals surface area contributed by atoms with Gasteiger partial charge in [0.15, 0.2) is 0 Å². The van der Waals surface area contributed by atoms with Crippen LogP contribution < -0.4 is 5.46 Å². The van der Waals surface area contributed by atoms with Gasteiger partial charge in [0, 0.05) is 17.9 Å². The van der Waals surface area contributed by atoms with Crippen LogP contribution in [0.15, 0.2) is 12.4 Å². The largest absolute Gasteiger partial charge is 0.497 e. The van der Waals surface area contributed by atoms with Gasteiger partial charge >= 0.3 is 13.1 Å². The number of carbonyl (C=O) groups excluding carboxylic acids is 1. The molecule has 0 radical (unpaired) electrons. The maximum absolute atomic E-state index is 11.7. The van der Waals surface area contributed by atoms with Crippen LogP contribution in [0.2, 0.25) is 0 Å². The van der Waals surface area contributed by atoms with Crippen molar-refractivity contribution < 1.29 is 18.8 Å². The summed E-state index contributed by atoms with van der Waals surface area (Å²) in [4.78, 5) is 11.7. The molecule has 7 heteroatoms. The van der Waals surface area contributed by atoms with Gasteiger partial charge in [-0.3, -0.25) is 4.68 Å². The zero-order valence-corrected chi connectivity index (χ0v) is 12.6. The van der Waals surface area contributed by atoms with Crippen LogP contribution in [0.4, 0.5) is 0 Å². The lowest BCUT2D eigenvalue weighted by Gasteiger charge is -2.21. The Kier molecular flexibility index (Phi) is 4.20. The van der Waals surface area contributed by atoms with Crippen molar-refractivity contribution in [3.63, 3.8) is 0 Å². The maximum Gasteiger partial charge on any atom is 0.497 e. The number of nitrogens with zero attached hydrogens (tertiary/aromatic N) is 2. The Hall–Kier alpha value is -1.34. The minimum atomic E-state index is -0.462. The summed E-state index contributed by atoms with van der Waals surface area (Å²) in [7, 11) is -0.442. The Labute approximate surface area is 119 Å². The average molecular weight is 280 g/mol. The van der Waals surface area contributed by atoms with Gasteiger partial charge in [-0.15, -0.1) is 0 Å². The number of aromatic nitrogens is 2. The van der Waals surface area contributed by atoms with Gasteiger partial charge in [0.2, 0.25) is 0 Å². The lowest BCUT2D eigenvalue weighted by atomic mass is 9.82. The van der Waals surface area contributed by atoms with E-state index >= 15 is 0 Å². The molecule has 110 valence electrons. The standard InChI is InChI=1S/C13H21BN2O4/c1-6-18-12(17)9(2)16-8-11(7-15-16)14-19-10(3)13(4,5)20-14/h7-10H,6H2,1-5H3. The lowest BCUT2D eigenvalue weighted by Crippen LogP contribution is -2.34. The van der Waals surface area contributed by atoms with Crippen LogP contribution in [-0.2, 0) is 18.8 Å². The van der Waals surface area contributed by atoms with Gasteiger partial charge in [-0.2, -0.15) is 5.10 Å². The minimum Gasteiger partial charge on any atom is -0.464 e. The molecule has 2 heterocycles. The van der Waals surface area contributed by atoms with Crippen LogP contribution in [0.5, 0.6) is 0 Å². The van der Waals surface area contributed by atoms with Crippen LogP contribution in [-0.4, -0.2) is 41.2 Å². The summed E-state index contributed by atoms with van der Waals surface area (Å²) in [6.07, 6.45) is 3.42. The van der Waals surface area contributed by atoms with E-state index in [4.69, 9.17) is 14.0 Å². The Morgan fingerprint density at radius 3 is 2.90 bits per heavy atom. The summed E-state index contributed by atoms with van der Waals surface area (Å²) in [5, 5.41) is 4.19. The first-order valence-electron chi connectivity index (χ1n) is 6.89. The van der Waals surface area contributed by atoms with Gasteiger partial charge in [0.1, 0.15) is 6.04 Å². The Morgan fingerprint density at radius 1 is 1.65 bits per heavy atom. The highest BCUT2D eigenvalue weighted by molar-refractivity contribution is 6.61. The van der Waals surface area contributed by atoms with E-state index in [-0.39, 0.29) is 17.7 Å². The Balaban J connectivity index is 2.08. The van der Waals surface area contributed by atoms with Crippen molar-refractivity contribution in [2.45, 2.75) is 52.4 Å². The Bertz CT molecular complexity index is 488. The van der Waals surface area contributed by atoms with Crippen LogP contribution in [0.3, 0.4) is 0 Å².